The van der Waals surface area contributed by atoms with Crippen molar-refractivity contribution in [3.8, 4) is 11.5 Å². The van der Waals surface area contributed by atoms with Gasteiger partial charge in [-0.25, -0.2) is 0 Å². The van der Waals surface area contributed by atoms with Gasteiger partial charge in [0.2, 0.25) is 0 Å². The van der Waals surface area contributed by atoms with Crippen molar-refractivity contribution < 1.29 is 14.3 Å². The monoisotopic (exact) mass is 300 g/mol. The summed E-state index contributed by atoms with van der Waals surface area (Å²) in [6, 6.07) is 7.53. The first-order chi connectivity index (χ1) is 9.20. The number of nitrogens with one attached hydrogen (secondary N) is 1. The minimum absolute atomic E-state index is 0. The summed E-state index contributed by atoms with van der Waals surface area (Å²) >= 11 is 0. The number of ether oxygens (including phenoxy) is 2. The first-order valence-electron chi connectivity index (χ1n) is 6.44. The van der Waals surface area contributed by atoms with Gasteiger partial charge >= 0.3 is 0 Å². The van der Waals surface area contributed by atoms with E-state index in [-0.39, 0.29) is 31.0 Å². The van der Waals surface area contributed by atoms with Crippen LogP contribution in [-0.2, 0) is 4.79 Å². The molecule has 1 heterocycles. The number of hydrogen-bond acceptors (Lipinski definition) is 4. The highest BCUT2D eigenvalue weighted by Crippen LogP contribution is 2.19. The van der Waals surface area contributed by atoms with Crippen molar-refractivity contribution in [3.05, 3.63) is 24.3 Å². The van der Waals surface area contributed by atoms with E-state index in [0.717, 1.165) is 25.3 Å². The van der Waals surface area contributed by atoms with E-state index in [4.69, 9.17) is 9.47 Å². The predicted molar refractivity (Wildman–Crippen MR) is 79.8 cm³/mol. The number of methoxy groups -OCH3 is 1. The molecule has 1 aliphatic rings. The van der Waals surface area contributed by atoms with Gasteiger partial charge in [-0.3, -0.25) is 4.79 Å². The van der Waals surface area contributed by atoms with Gasteiger partial charge in [0.25, 0.3) is 5.91 Å². The van der Waals surface area contributed by atoms with Gasteiger partial charge < -0.3 is 19.7 Å². The van der Waals surface area contributed by atoms with Gasteiger partial charge in [-0.05, 0) is 25.1 Å². The molecule has 1 unspecified atom stereocenters. The summed E-state index contributed by atoms with van der Waals surface area (Å²) in [4.78, 5) is 13.8. The molecule has 0 radical (unpaired) electrons. The minimum atomic E-state index is -0.00322. The van der Waals surface area contributed by atoms with Crippen LogP contribution >= 0.6 is 12.4 Å². The summed E-state index contributed by atoms with van der Waals surface area (Å²) in [5.41, 5.74) is 0. The zero-order chi connectivity index (χ0) is 13.7. The second kappa shape index (κ2) is 7.97. The summed E-state index contributed by atoms with van der Waals surface area (Å²) in [7, 11) is 3.43. The molecule has 1 atom stereocenters. The number of halogens is 1. The van der Waals surface area contributed by atoms with Crippen molar-refractivity contribution in [3.63, 3.8) is 0 Å². The quantitative estimate of drug-likeness (QED) is 0.891. The third kappa shape index (κ3) is 4.28. The van der Waals surface area contributed by atoms with Crippen molar-refractivity contribution in [2.45, 2.75) is 12.5 Å². The number of amides is 1. The molecule has 1 saturated heterocycles. The Labute approximate surface area is 125 Å². The van der Waals surface area contributed by atoms with Gasteiger partial charge in [0.15, 0.2) is 6.61 Å². The fourth-order valence-electron chi connectivity index (χ4n) is 2.11. The van der Waals surface area contributed by atoms with Crippen molar-refractivity contribution in [1.29, 1.82) is 0 Å². The molecule has 0 saturated carbocycles. The van der Waals surface area contributed by atoms with E-state index in [1.165, 1.54) is 0 Å². The second-order valence-electron chi connectivity index (χ2n) is 4.62. The topological polar surface area (TPSA) is 50.8 Å². The molecule has 20 heavy (non-hydrogen) atoms. The van der Waals surface area contributed by atoms with E-state index < -0.39 is 0 Å². The van der Waals surface area contributed by atoms with Gasteiger partial charge in [0.05, 0.1) is 7.11 Å². The molecule has 1 aromatic carbocycles. The summed E-state index contributed by atoms with van der Waals surface area (Å²) in [5.74, 6) is 1.36. The number of nitrogens with zero attached hydrogens (tertiary/aromatic N) is 1. The Balaban J connectivity index is 0.00000200. The summed E-state index contributed by atoms with van der Waals surface area (Å²) in [6.45, 7) is 1.89. The minimum Gasteiger partial charge on any atom is -0.497 e. The smallest absolute Gasteiger partial charge is 0.260 e. The van der Waals surface area contributed by atoms with E-state index in [2.05, 4.69) is 5.32 Å². The van der Waals surface area contributed by atoms with Crippen LogP contribution in [-0.4, -0.2) is 50.7 Å². The number of rotatable bonds is 5. The summed E-state index contributed by atoms with van der Waals surface area (Å²) < 4.78 is 10.6. The average molecular weight is 301 g/mol. The normalized spacial score (nSPS) is 17.2. The van der Waals surface area contributed by atoms with Gasteiger partial charge in [0, 0.05) is 25.7 Å². The average Bonchev–Trinajstić information content (AvgIpc) is 2.98. The molecule has 6 heteroatoms. The van der Waals surface area contributed by atoms with Crippen LogP contribution in [0.2, 0.25) is 0 Å². The molecule has 0 spiro atoms. The van der Waals surface area contributed by atoms with Crippen LogP contribution in [0.1, 0.15) is 6.42 Å². The molecule has 1 amide bonds. The van der Waals surface area contributed by atoms with Crippen LogP contribution < -0.4 is 14.8 Å². The molecule has 5 nitrogen and oxygen atoms in total. The molecule has 1 aromatic rings. The zero-order valence-corrected chi connectivity index (χ0v) is 12.6. The zero-order valence-electron chi connectivity index (χ0n) is 11.8. The molecular formula is C14H21ClN2O3. The molecule has 1 N–H and O–H groups in total. The maximum atomic E-state index is 12.0. The molecule has 2 rings (SSSR count). The van der Waals surface area contributed by atoms with Gasteiger partial charge in [-0.15, -0.1) is 12.4 Å². The maximum absolute atomic E-state index is 12.0. The Morgan fingerprint density at radius 2 is 2.20 bits per heavy atom. The lowest BCUT2D eigenvalue weighted by atomic mass is 10.2. The van der Waals surface area contributed by atoms with E-state index in [1.807, 2.05) is 25.2 Å². The summed E-state index contributed by atoms with van der Waals surface area (Å²) in [6.07, 6.45) is 1.00. The fourth-order valence-corrected chi connectivity index (χ4v) is 2.11. The first-order valence-corrected chi connectivity index (χ1v) is 6.44. The standard InChI is InChI=1S/C14H20N2O3.ClH/c1-16(11-6-7-15-9-11)14(17)10-19-13-5-3-4-12(8-13)18-2;/h3-5,8,11,15H,6-7,9-10H2,1-2H3;1H. The van der Waals surface area contributed by atoms with Crippen LogP contribution in [0.5, 0.6) is 11.5 Å². The van der Waals surface area contributed by atoms with Crippen molar-refractivity contribution in [1.82, 2.24) is 10.2 Å². The number of carbonyl (C=O) groups is 1. The largest absolute Gasteiger partial charge is 0.497 e. The number of likely N-dealkylation sites (N-methyl/N-ethyl adjacent to an activating group) is 1. The van der Waals surface area contributed by atoms with Crippen LogP contribution in [0.25, 0.3) is 0 Å². The van der Waals surface area contributed by atoms with E-state index in [1.54, 1.807) is 18.1 Å². The Bertz CT molecular complexity index is 436. The lowest BCUT2D eigenvalue weighted by Gasteiger charge is -2.23. The predicted octanol–water partition coefficient (Wildman–Crippen LogP) is 1.32. The molecule has 0 aromatic heterocycles. The van der Waals surface area contributed by atoms with Gasteiger partial charge in [-0.2, -0.15) is 0 Å². The lowest BCUT2D eigenvalue weighted by Crippen LogP contribution is -2.40. The summed E-state index contributed by atoms with van der Waals surface area (Å²) in [5, 5.41) is 3.25. The highest BCUT2D eigenvalue weighted by Gasteiger charge is 2.23. The highest BCUT2D eigenvalue weighted by atomic mass is 35.5. The van der Waals surface area contributed by atoms with Crippen LogP contribution in [0.15, 0.2) is 24.3 Å². The molecule has 1 aliphatic heterocycles. The van der Waals surface area contributed by atoms with E-state index >= 15 is 0 Å². The first kappa shape index (κ1) is 16.6. The highest BCUT2D eigenvalue weighted by molar-refractivity contribution is 5.85. The molecule has 0 aliphatic carbocycles. The lowest BCUT2D eigenvalue weighted by molar-refractivity contribution is -0.133. The Morgan fingerprint density at radius 1 is 1.45 bits per heavy atom. The number of hydrogen-bond donors (Lipinski definition) is 1. The maximum Gasteiger partial charge on any atom is 0.260 e. The van der Waals surface area contributed by atoms with Crippen molar-refractivity contribution >= 4 is 18.3 Å². The number of carbonyl (C=O) groups excluding carboxylic acids is 1. The Morgan fingerprint density at radius 3 is 2.85 bits per heavy atom. The third-order valence-corrected chi connectivity index (χ3v) is 3.38. The molecule has 1 fully saturated rings. The van der Waals surface area contributed by atoms with E-state index in [9.17, 15) is 4.79 Å². The number of benzene rings is 1. The van der Waals surface area contributed by atoms with Crippen molar-refractivity contribution in [2.75, 3.05) is 33.9 Å². The second-order valence-corrected chi connectivity index (χ2v) is 4.62. The van der Waals surface area contributed by atoms with Crippen LogP contribution in [0.3, 0.4) is 0 Å². The Hall–Kier alpha value is -1.46. The van der Waals surface area contributed by atoms with Crippen molar-refractivity contribution in [2.24, 2.45) is 0 Å². The van der Waals surface area contributed by atoms with Crippen LogP contribution in [0.4, 0.5) is 0 Å². The fraction of sp³-hybridized carbons (Fsp3) is 0.500. The molecule has 112 valence electrons. The Kier molecular flexibility index (Phi) is 6.61. The SMILES string of the molecule is COc1cccc(OCC(=O)N(C)C2CCNC2)c1.Cl. The molecular weight excluding hydrogens is 280 g/mol. The van der Waals surface area contributed by atoms with Gasteiger partial charge in [-0.1, -0.05) is 6.07 Å². The van der Waals surface area contributed by atoms with Crippen LogP contribution in [0, 0.1) is 0 Å². The third-order valence-electron chi connectivity index (χ3n) is 3.38. The van der Waals surface area contributed by atoms with Gasteiger partial charge in [0.1, 0.15) is 11.5 Å². The molecule has 0 bridgehead atoms. The van der Waals surface area contributed by atoms with E-state index in [0.29, 0.717) is 5.75 Å².